The van der Waals surface area contributed by atoms with Crippen molar-refractivity contribution in [3.63, 3.8) is 0 Å². The number of benzene rings is 1. The maximum Gasteiger partial charge on any atom is 0.337 e. The molecule has 1 aromatic rings. The van der Waals surface area contributed by atoms with Crippen LogP contribution in [-0.2, 0) is 9.53 Å². The van der Waals surface area contributed by atoms with E-state index in [0.717, 1.165) is 6.42 Å². The largest absolute Gasteiger partial charge is 0.481 e. The first-order chi connectivity index (χ1) is 10.5. The first-order valence-corrected chi connectivity index (χ1v) is 6.98. The number of carbonyl (C=O) groups excluding carboxylic acids is 2. The summed E-state index contributed by atoms with van der Waals surface area (Å²) >= 11 is 0. The molecule has 0 fully saturated rings. The van der Waals surface area contributed by atoms with Crippen molar-refractivity contribution < 1.29 is 24.2 Å². The van der Waals surface area contributed by atoms with E-state index in [-0.39, 0.29) is 12.5 Å². The van der Waals surface area contributed by atoms with E-state index in [1.807, 2.05) is 0 Å². The molecule has 0 heterocycles. The zero-order valence-corrected chi connectivity index (χ0v) is 12.4. The Balaban J connectivity index is 2.30. The molecule has 0 atom stereocenters. The van der Waals surface area contributed by atoms with Gasteiger partial charge in [0.1, 0.15) is 0 Å². The molecule has 2 amide bonds. The van der Waals surface area contributed by atoms with Gasteiger partial charge in [-0.2, -0.15) is 0 Å². The number of carboxylic acid groups (broad SMARTS) is 1. The Morgan fingerprint density at radius 3 is 2.64 bits per heavy atom. The number of hydrogen-bond donors (Lipinski definition) is 3. The summed E-state index contributed by atoms with van der Waals surface area (Å²) in [5.41, 5.74) is 0.847. The van der Waals surface area contributed by atoms with Gasteiger partial charge in [-0.25, -0.2) is 9.59 Å². The molecule has 0 bridgehead atoms. The highest BCUT2D eigenvalue weighted by Crippen LogP contribution is 2.11. The quantitative estimate of drug-likeness (QED) is 0.504. The minimum absolute atomic E-state index is 0.145. The Morgan fingerprint density at radius 2 is 1.95 bits per heavy atom. The molecule has 120 valence electrons. The number of methoxy groups -OCH3 is 1. The molecule has 0 aromatic heterocycles. The van der Waals surface area contributed by atoms with Crippen LogP contribution in [0.4, 0.5) is 10.5 Å². The Kier molecular flexibility index (Phi) is 7.45. The first kappa shape index (κ1) is 17.5. The van der Waals surface area contributed by atoms with E-state index in [4.69, 9.17) is 5.11 Å². The number of esters is 1. The van der Waals surface area contributed by atoms with Crippen molar-refractivity contribution in [1.29, 1.82) is 0 Å². The predicted octanol–water partition coefficient (Wildman–Crippen LogP) is 2.24. The van der Waals surface area contributed by atoms with Crippen LogP contribution in [0.2, 0.25) is 0 Å². The number of urea groups is 1. The third kappa shape index (κ3) is 6.74. The third-order valence-electron chi connectivity index (χ3n) is 2.89. The van der Waals surface area contributed by atoms with Crippen molar-refractivity contribution in [2.75, 3.05) is 19.0 Å². The molecule has 22 heavy (non-hydrogen) atoms. The first-order valence-electron chi connectivity index (χ1n) is 6.98. The molecule has 7 heteroatoms. The number of nitrogens with one attached hydrogen (secondary N) is 2. The molecular formula is C15H20N2O5. The number of carbonyl (C=O) groups is 3. The van der Waals surface area contributed by atoms with E-state index in [2.05, 4.69) is 15.4 Å². The molecule has 3 N–H and O–H groups in total. The highest BCUT2D eigenvalue weighted by Gasteiger charge is 2.07. The van der Waals surface area contributed by atoms with Gasteiger partial charge < -0.3 is 20.5 Å². The number of carboxylic acids is 1. The van der Waals surface area contributed by atoms with E-state index < -0.39 is 11.9 Å². The minimum Gasteiger partial charge on any atom is -0.481 e. The molecule has 1 rings (SSSR count). The number of rotatable bonds is 8. The van der Waals surface area contributed by atoms with Crippen LogP contribution in [0.1, 0.15) is 36.0 Å². The van der Waals surface area contributed by atoms with Gasteiger partial charge in [-0.1, -0.05) is 12.5 Å². The fourth-order valence-electron chi connectivity index (χ4n) is 1.80. The minimum atomic E-state index is -0.809. The monoisotopic (exact) mass is 308 g/mol. The topological polar surface area (TPSA) is 105 Å². The molecule has 0 saturated carbocycles. The molecule has 0 radical (unpaired) electrons. The van der Waals surface area contributed by atoms with Crippen LogP contribution in [-0.4, -0.2) is 36.7 Å². The molecule has 0 aliphatic heterocycles. The summed E-state index contributed by atoms with van der Waals surface area (Å²) in [6.45, 7) is 0.460. The lowest BCUT2D eigenvalue weighted by Crippen LogP contribution is -2.29. The van der Waals surface area contributed by atoms with Gasteiger partial charge >= 0.3 is 18.0 Å². The van der Waals surface area contributed by atoms with E-state index >= 15 is 0 Å². The second-order valence-electron chi connectivity index (χ2n) is 4.66. The highest BCUT2D eigenvalue weighted by atomic mass is 16.5. The van der Waals surface area contributed by atoms with E-state index in [0.29, 0.717) is 30.6 Å². The van der Waals surface area contributed by atoms with Crippen molar-refractivity contribution >= 4 is 23.7 Å². The summed E-state index contributed by atoms with van der Waals surface area (Å²) in [4.78, 5) is 33.4. The zero-order chi connectivity index (χ0) is 16.4. The average molecular weight is 308 g/mol. The SMILES string of the molecule is COC(=O)c1cccc(NC(=O)NCCCCCC(=O)O)c1. The Labute approximate surface area is 128 Å². The lowest BCUT2D eigenvalue weighted by Gasteiger charge is -2.08. The lowest BCUT2D eigenvalue weighted by molar-refractivity contribution is -0.137. The standard InChI is InChI=1S/C15H20N2O5/c1-22-14(20)11-6-5-7-12(10-11)17-15(21)16-9-4-2-3-8-13(18)19/h5-7,10H,2-4,8-9H2,1H3,(H,18,19)(H2,16,17,21). The van der Waals surface area contributed by atoms with Crippen molar-refractivity contribution in [1.82, 2.24) is 5.32 Å². The highest BCUT2D eigenvalue weighted by molar-refractivity contribution is 5.93. The Bertz CT molecular complexity index is 530. The van der Waals surface area contributed by atoms with Gasteiger partial charge in [0.25, 0.3) is 0 Å². The van der Waals surface area contributed by atoms with E-state index in [9.17, 15) is 14.4 Å². The number of hydrogen-bond acceptors (Lipinski definition) is 4. The van der Waals surface area contributed by atoms with Crippen LogP contribution in [0.25, 0.3) is 0 Å². The molecular weight excluding hydrogens is 288 g/mol. The summed E-state index contributed by atoms with van der Waals surface area (Å²) in [6, 6.07) is 6.06. The van der Waals surface area contributed by atoms with Gasteiger partial charge in [-0.15, -0.1) is 0 Å². The second-order valence-corrected chi connectivity index (χ2v) is 4.66. The molecule has 0 unspecified atom stereocenters. The predicted molar refractivity (Wildman–Crippen MR) is 80.9 cm³/mol. The molecule has 1 aromatic carbocycles. The molecule has 0 aliphatic carbocycles. The zero-order valence-electron chi connectivity index (χ0n) is 12.4. The van der Waals surface area contributed by atoms with Crippen molar-refractivity contribution in [2.24, 2.45) is 0 Å². The fraction of sp³-hybridized carbons (Fsp3) is 0.400. The summed E-state index contributed by atoms with van der Waals surface area (Å²) in [6.07, 6.45) is 2.19. The van der Waals surface area contributed by atoms with Gasteiger partial charge in [-0.3, -0.25) is 4.79 Å². The van der Waals surface area contributed by atoms with Gasteiger partial charge in [0, 0.05) is 18.7 Å². The second kappa shape index (κ2) is 9.38. The number of ether oxygens (including phenoxy) is 1. The van der Waals surface area contributed by atoms with Crippen molar-refractivity contribution in [2.45, 2.75) is 25.7 Å². The van der Waals surface area contributed by atoms with Gasteiger partial charge in [0.15, 0.2) is 0 Å². The fourth-order valence-corrected chi connectivity index (χ4v) is 1.80. The van der Waals surface area contributed by atoms with Crippen molar-refractivity contribution in [3.05, 3.63) is 29.8 Å². The molecule has 7 nitrogen and oxygen atoms in total. The number of anilines is 1. The van der Waals surface area contributed by atoms with E-state index in [1.54, 1.807) is 18.2 Å². The Morgan fingerprint density at radius 1 is 1.18 bits per heavy atom. The third-order valence-corrected chi connectivity index (χ3v) is 2.89. The normalized spacial score (nSPS) is 9.86. The van der Waals surface area contributed by atoms with Gasteiger partial charge in [0.2, 0.25) is 0 Å². The summed E-state index contributed by atoms with van der Waals surface area (Å²) < 4.78 is 4.61. The average Bonchev–Trinajstić information content (AvgIpc) is 2.50. The maximum atomic E-state index is 11.7. The number of aliphatic carboxylic acids is 1. The van der Waals surface area contributed by atoms with Crippen LogP contribution in [0.5, 0.6) is 0 Å². The molecule has 0 saturated heterocycles. The Hall–Kier alpha value is -2.57. The summed E-state index contributed by atoms with van der Waals surface area (Å²) in [5, 5.41) is 13.8. The summed E-state index contributed by atoms with van der Waals surface area (Å²) in [5.74, 6) is -1.28. The van der Waals surface area contributed by atoms with E-state index in [1.165, 1.54) is 13.2 Å². The van der Waals surface area contributed by atoms with Crippen molar-refractivity contribution in [3.8, 4) is 0 Å². The maximum absolute atomic E-state index is 11.7. The van der Waals surface area contributed by atoms with Crippen LogP contribution >= 0.6 is 0 Å². The molecule has 0 spiro atoms. The van der Waals surface area contributed by atoms with Gasteiger partial charge in [0.05, 0.1) is 12.7 Å². The lowest BCUT2D eigenvalue weighted by atomic mass is 10.2. The van der Waals surface area contributed by atoms with Crippen LogP contribution in [0.3, 0.4) is 0 Å². The smallest absolute Gasteiger partial charge is 0.337 e. The van der Waals surface area contributed by atoms with Crippen LogP contribution in [0.15, 0.2) is 24.3 Å². The summed E-state index contributed by atoms with van der Waals surface area (Å²) in [7, 11) is 1.29. The van der Waals surface area contributed by atoms with Crippen LogP contribution < -0.4 is 10.6 Å². The van der Waals surface area contributed by atoms with Crippen LogP contribution in [0, 0.1) is 0 Å². The number of unbranched alkanes of at least 4 members (excludes halogenated alkanes) is 2. The van der Waals surface area contributed by atoms with Gasteiger partial charge in [-0.05, 0) is 31.0 Å². The number of amides is 2. The molecule has 0 aliphatic rings.